The van der Waals surface area contributed by atoms with Crippen LogP contribution in [0, 0.1) is 0 Å². The first-order chi connectivity index (χ1) is 9.41. The van der Waals surface area contributed by atoms with Crippen molar-refractivity contribution in [2.45, 2.75) is 19.3 Å². The number of aliphatic carboxylic acids is 1. The summed E-state index contributed by atoms with van der Waals surface area (Å²) in [6, 6.07) is 0. The van der Waals surface area contributed by atoms with Crippen LogP contribution in [0.1, 0.15) is 23.0 Å². The molecule has 0 radical (unpaired) electrons. The molecular weight excluding hydrogens is 314 g/mol. The molecule has 0 aliphatic heterocycles. The number of aromatic nitrogens is 2. The van der Waals surface area contributed by atoms with Crippen LogP contribution in [0.2, 0.25) is 0 Å². The molecule has 0 aromatic carbocycles. The fourth-order valence-electron chi connectivity index (χ4n) is 0.866. The minimum absolute atomic E-state index is 0.0152. The number of halogens is 6. The lowest BCUT2D eigenvalue weighted by Crippen LogP contribution is -2.21. The highest BCUT2D eigenvalue weighted by Gasteiger charge is 2.38. The summed E-state index contributed by atoms with van der Waals surface area (Å²) in [5, 5.41) is 12.0. The summed E-state index contributed by atoms with van der Waals surface area (Å²) >= 11 is 0. The van der Waals surface area contributed by atoms with Gasteiger partial charge in [0.2, 0.25) is 0 Å². The van der Waals surface area contributed by atoms with Crippen molar-refractivity contribution in [3.8, 4) is 0 Å². The number of alkyl halides is 6. The highest BCUT2D eigenvalue weighted by Crippen LogP contribution is 2.30. The van der Waals surface area contributed by atoms with Crippen molar-refractivity contribution in [3.05, 3.63) is 17.5 Å². The number of aromatic amines is 1. The summed E-state index contributed by atoms with van der Waals surface area (Å²) in [6.07, 6.45) is -8.92. The van der Waals surface area contributed by atoms with Crippen molar-refractivity contribution in [2.75, 3.05) is 6.61 Å². The number of nitrogens with one attached hydrogen (secondary N) is 1. The van der Waals surface area contributed by atoms with Crippen molar-refractivity contribution < 1.29 is 45.8 Å². The Morgan fingerprint density at radius 1 is 1.29 bits per heavy atom. The van der Waals surface area contributed by atoms with Gasteiger partial charge in [-0.05, 0) is 6.92 Å². The predicted octanol–water partition coefficient (Wildman–Crippen LogP) is 2.24. The number of ether oxygens (including phenoxy) is 1. The van der Waals surface area contributed by atoms with E-state index in [-0.39, 0.29) is 6.61 Å². The third-order valence-electron chi connectivity index (χ3n) is 1.66. The molecule has 0 saturated heterocycles. The summed E-state index contributed by atoms with van der Waals surface area (Å²) < 4.78 is 72.8. The maximum Gasteiger partial charge on any atom is 0.490 e. The van der Waals surface area contributed by atoms with Crippen molar-refractivity contribution in [2.24, 2.45) is 0 Å². The van der Waals surface area contributed by atoms with Crippen molar-refractivity contribution in [1.29, 1.82) is 0 Å². The number of hydrogen-bond donors (Lipinski definition) is 2. The van der Waals surface area contributed by atoms with Crippen LogP contribution in [0.3, 0.4) is 0 Å². The topological polar surface area (TPSA) is 92.3 Å². The molecule has 0 atom stereocenters. The number of H-pyrrole nitrogens is 1. The lowest BCUT2D eigenvalue weighted by Gasteiger charge is -2.05. The van der Waals surface area contributed by atoms with Crippen LogP contribution in [-0.4, -0.2) is 40.0 Å². The van der Waals surface area contributed by atoms with Gasteiger partial charge in [-0.15, -0.1) is 0 Å². The van der Waals surface area contributed by atoms with Gasteiger partial charge in [-0.1, -0.05) is 0 Å². The van der Waals surface area contributed by atoms with E-state index in [1.54, 1.807) is 5.10 Å². The molecule has 0 bridgehead atoms. The van der Waals surface area contributed by atoms with Crippen molar-refractivity contribution in [1.82, 2.24) is 10.2 Å². The van der Waals surface area contributed by atoms with E-state index in [1.807, 2.05) is 0 Å². The monoisotopic (exact) mass is 322 g/mol. The van der Waals surface area contributed by atoms with E-state index in [4.69, 9.17) is 9.90 Å². The molecule has 0 aliphatic rings. The molecule has 0 aliphatic carbocycles. The van der Waals surface area contributed by atoms with Gasteiger partial charge in [0.15, 0.2) is 5.69 Å². The van der Waals surface area contributed by atoms with Crippen molar-refractivity contribution >= 4 is 11.9 Å². The van der Waals surface area contributed by atoms with Crippen LogP contribution in [0.4, 0.5) is 26.3 Å². The van der Waals surface area contributed by atoms with Crippen LogP contribution in [0.5, 0.6) is 0 Å². The number of hydrogen-bond acceptors (Lipinski definition) is 4. The molecule has 0 fully saturated rings. The highest BCUT2D eigenvalue weighted by molar-refractivity contribution is 5.90. The molecule has 0 spiro atoms. The smallest absolute Gasteiger partial charge is 0.475 e. The van der Waals surface area contributed by atoms with Gasteiger partial charge in [-0.2, -0.15) is 31.4 Å². The SMILES string of the molecule is CCOC(=O)c1cn[nH]c1C(F)(F)F.O=C(O)C(F)(F)F. The number of nitrogens with zero attached hydrogens (tertiary/aromatic N) is 1. The fourth-order valence-corrected chi connectivity index (χ4v) is 0.866. The third kappa shape index (κ3) is 6.14. The zero-order valence-electron chi connectivity index (χ0n) is 10.2. The van der Waals surface area contributed by atoms with E-state index in [0.29, 0.717) is 0 Å². The Bertz CT molecular complexity index is 493. The molecule has 0 amide bonds. The summed E-state index contributed by atoms with van der Waals surface area (Å²) in [5.74, 6) is -3.79. The van der Waals surface area contributed by atoms with Gasteiger partial charge < -0.3 is 9.84 Å². The normalized spacial score (nSPS) is 11.4. The van der Waals surface area contributed by atoms with Crippen LogP contribution in [0.15, 0.2) is 6.20 Å². The molecule has 12 heteroatoms. The Morgan fingerprint density at radius 3 is 2.10 bits per heavy atom. The Labute approximate surface area is 112 Å². The molecule has 0 unspecified atom stereocenters. The first-order valence-electron chi connectivity index (χ1n) is 4.99. The summed E-state index contributed by atoms with van der Waals surface area (Å²) in [4.78, 5) is 19.9. The summed E-state index contributed by atoms with van der Waals surface area (Å²) in [7, 11) is 0. The molecule has 1 rings (SSSR count). The largest absolute Gasteiger partial charge is 0.490 e. The molecular formula is C9H8F6N2O4. The highest BCUT2D eigenvalue weighted by atomic mass is 19.4. The van der Waals surface area contributed by atoms with Crippen LogP contribution >= 0.6 is 0 Å². The minimum Gasteiger partial charge on any atom is -0.475 e. The second-order valence-electron chi connectivity index (χ2n) is 3.18. The number of carboxylic acids is 1. The zero-order chi connectivity index (χ0) is 16.8. The fraction of sp³-hybridized carbons (Fsp3) is 0.444. The Morgan fingerprint density at radius 2 is 1.76 bits per heavy atom. The molecule has 2 N–H and O–H groups in total. The van der Waals surface area contributed by atoms with Crippen LogP contribution < -0.4 is 0 Å². The Balaban J connectivity index is 0.000000486. The number of rotatable bonds is 2. The second-order valence-corrected chi connectivity index (χ2v) is 3.18. The quantitative estimate of drug-likeness (QED) is 0.643. The maximum atomic E-state index is 12.2. The summed E-state index contributed by atoms with van der Waals surface area (Å²) in [6.45, 7) is 1.52. The number of carbonyl (C=O) groups excluding carboxylic acids is 1. The number of esters is 1. The average molecular weight is 322 g/mol. The third-order valence-corrected chi connectivity index (χ3v) is 1.66. The molecule has 6 nitrogen and oxygen atoms in total. The van der Waals surface area contributed by atoms with E-state index >= 15 is 0 Å². The van der Waals surface area contributed by atoms with Gasteiger partial charge >= 0.3 is 24.3 Å². The first kappa shape index (κ1) is 18.7. The molecule has 21 heavy (non-hydrogen) atoms. The Hall–Kier alpha value is -2.27. The van der Waals surface area contributed by atoms with Crippen LogP contribution in [0.25, 0.3) is 0 Å². The van der Waals surface area contributed by atoms with Gasteiger partial charge in [-0.3, -0.25) is 5.10 Å². The predicted molar refractivity (Wildman–Crippen MR) is 53.2 cm³/mol. The maximum absolute atomic E-state index is 12.2. The van der Waals surface area contributed by atoms with Crippen molar-refractivity contribution in [3.63, 3.8) is 0 Å². The number of carbonyl (C=O) groups is 2. The lowest BCUT2D eigenvalue weighted by molar-refractivity contribution is -0.192. The molecule has 120 valence electrons. The molecule has 1 aromatic heterocycles. The molecule has 1 heterocycles. The average Bonchev–Trinajstić information content (AvgIpc) is 2.77. The van der Waals surface area contributed by atoms with E-state index in [9.17, 15) is 31.1 Å². The van der Waals surface area contributed by atoms with E-state index in [2.05, 4.69) is 9.84 Å². The van der Waals surface area contributed by atoms with Gasteiger partial charge in [-0.25, -0.2) is 9.59 Å². The first-order valence-corrected chi connectivity index (χ1v) is 4.99. The zero-order valence-corrected chi connectivity index (χ0v) is 10.2. The van der Waals surface area contributed by atoms with E-state index < -0.39 is 35.5 Å². The second kappa shape index (κ2) is 6.95. The van der Waals surface area contributed by atoms with Gasteiger partial charge in [0, 0.05) is 0 Å². The molecule has 0 saturated carbocycles. The standard InChI is InChI=1S/C7H7F3N2O2.C2HF3O2/c1-2-14-6(13)4-3-11-12-5(4)7(8,9)10;3-2(4,5)1(6)7/h3H,2H2,1H3,(H,11,12);(H,6,7). The summed E-state index contributed by atoms with van der Waals surface area (Å²) in [5.41, 5.74) is -1.78. The molecule has 1 aromatic rings. The van der Waals surface area contributed by atoms with E-state index in [1.165, 1.54) is 6.92 Å². The van der Waals surface area contributed by atoms with Crippen LogP contribution in [-0.2, 0) is 15.7 Å². The van der Waals surface area contributed by atoms with Gasteiger partial charge in [0.05, 0.1) is 12.8 Å². The van der Waals surface area contributed by atoms with Gasteiger partial charge in [0.25, 0.3) is 0 Å². The number of carboxylic acid groups (broad SMARTS) is 1. The lowest BCUT2D eigenvalue weighted by atomic mass is 10.2. The van der Waals surface area contributed by atoms with Gasteiger partial charge in [0.1, 0.15) is 5.56 Å². The minimum atomic E-state index is -5.08. The van der Waals surface area contributed by atoms with E-state index in [0.717, 1.165) is 6.20 Å². The Kier molecular flexibility index (Phi) is 6.19.